The Morgan fingerprint density at radius 2 is 1.94 bits per heavy atom. The molecule has 0 radical (unpaired) electrons. The quantitative estimate of drug-likeness (QED) is 0.767. The molecule has 3 heteroatoms. The maximum atomic E-state index is 11.6. The van der Waals surface area contributed by atoms with Gasteiger partial charge in [0.2, 0.25) is 5.91 Å². The number of carbonyl (C=O) groups is 1. The highest BCUT2D eigenvalue weighted by Gasteiger charge is 2.30. The summed E-state index contributed by atoms with van der Waals surface area (Å²) in [7, 11) is 1.88. The summed E-state index contributed by atoms with van der Waals surface area (Å²) >= 11 is 1.70. The van der Waals surface area contributed by atoms with E-state index < -0.39 is 0 Å². The van der Waals surface area contributed by atoms with Gasteiger partial charge in [0.05, 0.1) is 5.75 Å². The zero-order chi connectivity index (χ0) is 11.8. The Morgan fingerprint density at radius 3 is 2.71 bits per heavy atom. The van der Waals surface area contributed by atoms with Gasteiger partial charge in [0.1, 0.15) is 5.37 Å². The Morgan fingerprint density at radius 1 is 1.18 bits per heavy atom. The summed E-state index contributed by atoms with van der Waals surface area (Å²) in [5.74, 6) is 0.803. The summed E-state index contributed by atoms with van der Waals surface area (Å²) in [5, 5.41) is 2.64. The van der Waals surface area contributed by atoms with Gasteiger partial charge < -0.3 is 4.90 Å². The minimum Gasteiger partial charge on any atom is -0.329 e. The molecule has 1 heterocycles. The first-order valence-electron chi connectivity index (χ1n) is 5.62. The molecule has 0 N–H and O–H groups in total. The fourth-order valence-electron chi connectivity index (χ4n) is 2.26. The molecule has 1 unspecified atom stereocenters. The van der Waals surface area contributed by atoms with Crippen molar-refractivity contribution in [3.63, 3.8) is 0 Å². The third-order valence-electron chi connectivity index (χ3n) is 3.20. The summed E-state index contributed by atoms with van der Waals surface area (Å²) in [6.45, 7) is 0. The van der Waals surface area contributed by atoms with Gasteiger partial charge in [-0.25, -0.2) is 0 Å². The highest BCUT2D eigenvalue weighted by Crippen LogP contribution is 2.40. The average Bonchev–Trinajstić information content (AvgIpc) is 2.69. The van der Waals surface area contributed by atoms with Crippen LogP contribution < -0.4 is 0 Å². The molecule has 1 fully saturated rings. The van der Waals surface area contributed by atoms with Gasteiger partial charge in [-0.1, -0.05) is 42.5 Å². The van der Waals surface area contributed by atoms with Crippen LogP contribution in [0, 0.1) is 0 Å². The summed E-state index contributed by atoms with van der Waals surface area (Å²) in [5.41, 5.74) is 1.24. The highest BCUT2D eigenvalue weighted by atomic mass is 32.2. The Labute approximate surface area is 105 Å². The van der Waals surface area contributed by atoms with Crippen LogP contribution >= 0.6 is 11.8 Å². The molecule has 86 valence electrons. The van der Waals surface area contributed by atoms with Crippen molar-refractivity contribution in [2.24, 2.45) is 0 Å². The standard InChI is InChI=1S/C14H13NOS/c1-15-13(16)9-17-14(15)12-8-4-6-10-5-2-3-7-11(10)12/h2-8,14H,9H2,1H3. The number of hydrogen-bond acceptors (Lipinski definition) is 2. The van der Waals surface area contributed by atoms with Crippen molar-refractivity contribution in [3.05, 3.63) is 48.0 Å². The molecule has 0 spiro atoms. The molecule has 0 bridgehead atoms. The van der Waals surface area contributed by atoms with Crippen molar-refractivity contribution < 1.29 is 4.79 Å². The molecule has 1 atom stereocenters. The Kier molecular flexibility index (Phi) is 2.56. The van der Waals surface area contributed by atoms with Crippen molar-refractivity contribution in [2.75, 3.05) is 12.8 Å². The first-order chi connectivity index (χ1) is 8.27. The lowest BCUT2D eigenvalue weighted by atomic mass is 10.0. The van der Waals surface area contributed by atoms with Crippen LogP contribution in [-0.4, -0.2) is 23.6 Å². The molecule has 0 aliphatic carbocycles. The van der Waals surface area contributed by atoms with E-state index in [0.717, 1.165) is 0 Å². The minimum absolute atomic E-state index is 0.161. The van der Waals surface area contributed by atoms with E-state index in [0.29, 0.717) is 5.75 Å². The molecule has 3 rings (SSSR count). The van der Waals surface area contributed by atoms with E-state index in [-0.39, 0.29) is 11.3 Å². The van der Waals surface area contributed by atoms with Gasteiger partial charge in [0.25, 0.3) is 0 Å². The predicted octanol–water partition coefficient (Wildman–Crippen LogP) is 3.04. The lowest BCUT2D eigenvalue weighted by Crippen LogP contribution is -2.23. The highest BCUT2D eigenvalue weighted by molar-refractivity contribution is 8.00. The van der Waals surface area contributed by atoms with Gasteiger partial charge in [-0.3, -0.25) is 4.79 Å². The molecule has 2 nitrogen and oxygen atoms in total. The van der Waals surface area contributed by atoms with Crippen LogP contribution in [0.3, 0.4) is 0 Å². The predicted molar refractivity (Wildman–Crippen MR) is 71.9 cm³/mol. The second-order valence-corrected chi connectivity index (χ2v) is 5.30. The maximum Gasteiger partial charge on any atom is 0.233 e. The molecule has 1 aliphatic rings. The Hall–Kier alpha value is -1.48. The number of nitrogens with zero attached hydrogens (tertiary/aromatic N) is 1. The monoisotopic (exact) mass is 243 g/mol. The molecule has 0 saturated carbocycles. The smallest absolute Gasteiger partial charge is 0.233 e. The molecule has 17 heavy (non-hydrogen) atoms. The molecular weight excluding hydrogens is 230 g/mol. The third kappa shape index (κ3) is 1.71. The van der Waals surface area contributed by atoms with E-state index >= 15 is 0 Å². The molecule has 1 saturated heterocycles. The van der Waals surface area contributed by atoms with Crippen LogP contribution in [0.1, 0.15) is 10.9 Å². The fourth-order valence-corrected chi connectivity index (χ4v) is 3.49. The van der Waals surface area contributed by atoms with Crippen LogP contribution in [0.5, 0.6) is 0 Å². The lowest BCUT2D eigenvalue weighted by molar-refractivity contribution is -0.126. The number of amides is 1. The number of hydrogen-bond donors (Lipinski definition) is 0. The largest absolute Gasteiger partial charge is 0.329 e. The Bertz CT molecular complexity index is 576. The number of thioether (sulfide) groups is 1. The van der Waals surface area contributed by atoms with E-state index in [1.165, 1.54) is 16.3 Å². The first-order valence-corrected chi connectivity index (χ1v) is 6.67. The van der Waals surface area contributed by atoms with E-state index in [2.05, 4.69) is 30.3 Å². The molecule has 0 aromatic heterocycles. The van der Waals surface area contributed by atoms with Crippen molar-refractivity contribution in [3.8, 4) is 0 Å². The maximum absolute atomic E-state index is 11.6. The summed E-state index contributed by atoms with van der Waals surface area (Å²) in [4.78, 5) is 13.4. The zero-order valence-electron chi connectivity index (χ0n) is 9.59. The van der Waals surface area contributed by atoms with Gasteiger partial charge in [0.15, 0.2) is 0 Å². The number of benzene rings is 2. The van der Waals surface area contributed by atoms with Crippen LogP contribution in [0.25, 0.3) is 10.8 Å². The van der Waals surface area contributed by atoms with Crippen molar-refractivity contribution in [1.29, 1.82) is 0 Å². The minimum atomic E-state index is 0.161. The number of rotatable bonds is 1. The number of fused-ring (bicyclic) bond motifs is 1. The van der Waals surface area contributed by atoms with Crippen molar-refractivity contribution in [1.82, 2.24) is 4.90 Å². The lowest BCUT2D eigenvalue weighted by Gasteiger charge is -2.20. The Balaban J connectivity index is 2.15. The summed E-state index contributed by atoms with van der Waals surface area (Å²) in [6, 6.07) is 14.6. The molecule has 1 amide bonds. The van der Waals surface area contributed by atoms with Crippen LogP contribution in [0.4, 0.5) is 0 Å². The van der Waals surface area contributed by atoms with Gasteiger partial charge >= 0.3 is 0 Å². The molecule has 2 aromatic carbocycles. The van der Waals surface area contributed by atoms with E-state index in [4.69, 9.17) is 0 Å². The van der Waals surface area contributed by atoms with Crippen LogP contribution in [-0.2, 0) is 4.79 Å². The van der Waals surface area contributed by atoms with Gasteiger partial charge in [-0.05, 0) is 16.3 Å². The van der Waals surface area contributed by atoms with E-state index in [9.17, 15) is 4.79 Å². The third-order valence-corrected chi connectivity index (χ3v) is 4.50. The molecular formula is C14H13NOS. The fraction of sp³-hybridized carbons (Fsp3) is 0.214. The molecule has 1 aliphatic heterocycles. The van der Waals surface area contributed by atoms with Gasteiger partial charge in [0, 0.05) is 7.05 Å². The first kappa shape index (κ1) is 10.7. The van der Waals surface area contributed by atoms with E-state index in [1.54, 1.807) is 11.8 Å². The van der Waals surface area contributed by atoms with Crippen molar-refractivity contribution >= 4 is 28.4 Å². The topological polar surface area (TPSA) is 20.3 Å². The second kappa shape index (κ2) is 4.08. The normalized spacial score (nSPS) is 20.2. The van der Waals surface area contributed by atoms with Crippen LogP contribution in [0.15, 0.2) is 42.5 Å². The van der Waals surface area contributed by atoms with Crippen molar-refractivity contribution in [2.45, 2.75) is 5.37 Å². The molecule has 2 aromatic rings. The SMILES string of the molecule is CN1C(=O)CSC1c1cccc2ccccc12. The number of carbonyl (C=O) groups excluding carboxylic acids is 1. The summed E-state index contributed by atoms with van der Waals surface area (Å²) in [6.07, 6.45) is 0. The zero-order valence-corrected chi connectivity index (χ0v) is 10.4. The van der Waals surface area contributed by atoms with Crippen LogP contribution in [0.2, 0.25) is 0 Å². The second-order valence-electron chi connectivity index (χ2n) is 4.24. The van der Waals surface area contributed by atoms with E-state index in [1.807, 2.05) is 24.1 Å². The van der Waals surface area contributed by atoms with Gasteiger partial charge in [-0.2, -0.15) is 0 Å². The summed E-state index contributed by atoms with van der Waals surface area (Å²) < 4.78 is 0. The van der Waals surface area contributed by atoms with Gasteiger partial charge in [-0.15, -0.1) is 11.8 Å². The average molecular weight is 243 g/mol.